The average molecular weight is 266 g/mol. The van der Waals surface area contributed by atoms with Crippen molar-refractivity contribution in [2.24, 2.45) is 5.92 Å². The second-order valence-electron chi connectivity index (χ2n) is 6.32. The van der Waals surface area contributed by atoms with Crippen molar-refractivity contribution in [1.29, 1.82) is 0 Å². The van der Waals surface area contributed by atoms with Gasteiger partial charge in [0.2, 0.25) is 11.8 Å². The minimum absolute atomic E-state index is 0.0202. The summed E-state index contributed by atoms with van der Waals surface area (Å²) in [6.07, 6.45) is 3.93. The van der Waals surface area contributed by atoms with Crippen LogP contribution in [0.2, 0.25) is 0 Å². The molecule has 5 heteroatoms. The number of piperazine rings is 1. The first-order valence-corrected chi connectivity index (χ1v) is 7.24. The van der Waals surface area contributed by atoms with Crippen LogP contribution < -0.4 is 5.32 Å². The van der Waals surface area contributed by atoms with Crippen molar-refractivity contribution in [3.63, 3.8) is 0 Å². The first-order valence-electron chi connectivity index (χ1n) is 7.24. The number of amides is 2. The van der Waals surface area contributed by atoms with Crippen molar-refractivity contribution in [3.8, 4) is 0 Å². The summed E-state index contributed by atoms with van der Waals surface area (Å²) in [7, 11) is 0. The minimum Gasteiger partial charge on any atom is -0.378 e. The maximum Gasteiger partial charge on any atom is 0.249 e. The quantitative estimate of drug-likeness (QED) is 0.799. The molecule has 19 heavy (non-hydrogen) atoms. The summed E-state index contributed by atoms with van der Waals surface area (Å²) in [5.74, 6) is 0.408. The predicted octanol–water partition coefficient (Wildman–Crippen LogP) is 0.681. The van der Waals surface area contributed by atoms with Gasteiger partial charge < -0.3 is 15.0 Å². The molecule has 3 unspecified atom stereocenters. The Morgan fingerprint density at radius 1 is 1.32 bits per heavy atom. The molecule has 0 bridgehead atoms. The zero-order chi connectivity index (χ0) is 13.6. The van der Waals surface area contributed by atoms with Gasteiger partial charge in [0.25, 0.3) is 0 Å². The zero-order valence-electron chi connectivity index (χ0n) is 11.6. The lowest BCUT2D eigenvalue weighted by Crippen LogP contribution is -2.68. The normalized spacial score (nSPS) is 40.2. The predicted molar refractivity (Wildman–Crippen MR) is 69.4 cm³/mol. The molecule has 0 radical (unpaired) electrons. The summed E-state index contributed by atoms with van der Waals surface area (Å²) in [4.78, 5) is 26.5. The smallest absolute Gasteiger partial charge is 0.249 e. The molecule has 3 rings (SSSR count). The zero-order valence-corrected chi connectivity index (χ0v) is 11.6. The van der Waals surface area contributed by atoms with E-state index in [9.17, 15) is 9.59 Å². The summed E-state index contributed by atoms with van der Waals surface area (Å²) in [6.45, 7) is 4.80. The Labute approximate surface area is 113 Å². The third-order valence-electron chi connectivity index (χ3n) is 4.71. The second kappa shape index (κ2) is 4.47. The highest BCUT2D eigenvalue weighted by molar-refractivity contribution is 5.98. The van der Waals surface area contributed by atoms with Gasteiger partial charge in [-0.2, -0.15) is 0 Å². The number of hydrogen-bond acceptors (Lipinski definition) is 3. The average Bonchev–Trinajstić information content (AvgIpc) is 3.18. The lowest BCUT2D eigenvalue weighted by atomic mass is 9.89. The topological polar surface area (TPSA) is 58.6 Å². The molecule has 3 aliphatic rings. The van der Waals surface area contributed by atoms with Gasteiger partial charge in [0.15, 0.2) is 0 Å². The molecule has 0 aromatic rings. The summed E-state index contributed by atoms with van der Waals surface area (Å²) in [6, 6.07) is 0.153. The molecule has 2 aliphatic heterocycles. The van der Waals surface area contributed by atoms with Crippen LogP contribution in [0.1, 0.15) is 39.5 Å². The molecule has 2 saturated heterocycles. The number of nitrogens with zero attached hydrogens (tertiary/aromatic N) is 1. The van der Waals surface area contributed by atoms with Crippen molar-refractivity contribution in [2.45, 2.75) is 57.2 Å². The Morgan fingerprint density at radius 2 is 2.05 bits per heavy atom. The highest BCUT2D eigenvalue weighted by Crippen LogP contribution is 2.42. The Bertz CT molecular complexity index is 407. The van der Waals surface area contributed by atoms with Crippen molar-refractivity contribution in [3.05, 3.63) is 0 Å². The van der Waals surface area contributed by atoms with Gasteiger partial charge in [-0.1, -0.05) is 0 Å². The van der Waals surface area contributed by atoms with Crippen molar-refractivity contribution in [1.82, 2.24) is 10.2 Å². The van der Waals surface area contributed by atoms with E-state index >= 15 is 0 Å². The molecule has 0 aromatic carbocycles. The number of carbonyl (C=O) groups is 2. The van der Waals surface area contributed by atoms with Gasteiger partial charge >= 0.3 is 0 Å². The SMILES string of the molecule is CC1CC(N2CC(=O)NC(C)(C3CC3)C2=O)CCO1. The molecule has 2 amide bonds. The fourth-order valence-electron chi connectivity index (χ4n) is 3.40. The molecular formula is C14H22N2O3. The standard InChI is InChI=1S/C14H22N2O3/c1-9-7-11(5-6-19-9)16-8-12(17)15-14(2,13(16)18)10-3-4-10/h9-11H,3-8H2,1-2H3,(H,15,17). The van der Waals surface area contributed by atoms with Crippen LogP contribution in [0.3, 0.4) is 0 Å². The van der Waals surface area contributed by atoms with Crippen LogP contribution in [0.15, 0.2) is 0 Å². The number of nitrogens with one attached hydrogen (secondary N) is 1. The molecule has 0 aromatic heterocycles. The van der Waals surface area contributed by atoms with Gasteiger partial charge in [-0.25, -0.2) is 0 Å². The van der Waals surface area contributed by atoms with E-state index in [1.54, 1.807) is 4.90 Å². The van der Waals surface area contributed by atoms with E-state index in [-0.39, 0.29) is 30.5 Å². The molecule has 1 saturated carbocycles. The molecule has 2 heterocycles. The molecular weight excluding hydrogens is 244 g/mol. The van der Waals surface area contributed by atoms with Gasteiger partial charge in [-0.3, -0.25) is 9.59 Å². The van der Waals surface area contributed by atoms with E-state index in [2.05, 4.69) is 5.32 Å². The van der Waals surface area contributed by atoms with E-state index in [1.165, 1.54) is 0 Å². The molecule has 1 N–H and O–H groups in total. The third-order valence-corrected chi connectivity index (χ3v) is 4.71. The van der Waals surface area contributed by atoms with Crippen LogP contribution in [0.5, 0.6) is 0 Å². The first-order chi connectivity index (χ1) is 9.00. The van der Waals surface area contributed by atoms with Crippen molar-refractivity contribution in [2.75, 3.05) is 13.2 Å². The monoisotopic (exact) mass is 266 g/mol. The van der Waals surface area contributed by atoms with Gasteiger partial charge in [0.05, 0.1) is 12.6 Å². The van der Waals surface area contributed by atoms with Gasteiger partial charge in [0.1, 0.15) is 5.54 Å². The highest BCUT2D eigenvalue weighted by atomic mass is 16.5. The highest BCUT2D eigenvalue weighted by Gasteiger charge is 2.53. The first kappa shape index (κ1) is 12.9. The van der Waals surface area contributed by atoms with E-state index < -0.39 is 5.54 Å². The molecule has 106 valence electrons. The van der Waals surface area contributed by atoms with Crippen molar-refractivity contribution >= 4 is 11.8 Å². The Kier molecular flexibility index (Phi) is 3.04. The summed E-state index contributed by atoms with van der Waals surface area (Å²) < 4.78 is 5.53. The van der Waals surface area contributed by atoms with Crippen LogP contribution in [0, 0.1) is 5.92 Å². The molecule has 3 fully saturated rings. The Hall–Kier alpha value is -1.10. The van der Waals surface area contributed by atoms with Gasteiger partial charge in [0, 0.05) is 12.6 Å². The minimum atomic E-state index is -0.670. The number of hydrogen-bond donors (Lipinski definition) is 1. The number of rotatable bonds is 2. The molecule has 5 nitrogen and oxygen atoms in total. The van der Waals surface area contributed by atoms with E-state index in [0.717, 1.165) is 25.7 Å². The second-order valence-corrected chi connectivity index (χ2v) is 6.32. The van der Waals surface area contributed by atoms with Gasteiger partial charge in [-0.15, -0.1) is 0 Å². The summed E-state index contributed by atoms with van der Waals surface area (Å²) in [5.41, 5.74) is -0.670. The Balaban J connectivity index is 1.80. The lowest BCUT2D eigenvalue weighted by Gasteiger charge is -2.45. The number of carbonyl (C=O) groups excluding carboxylic acids is 2. The van der Waals surface area contributed by atoms with Crippen molar-refractivity contribution < 1.29 is 14.3 Å². The van der Waals surface area contributed by atoms with Crippen LogP contribution in [-0.4, -0.2) is 47.6 Å². The van der Waals surface area contributed by atoms with Gasteiger partial charge in [-0.05, 0) is 45.4 Å². The number of ether oxygens (including phenoxy) is 1. The molecule has 0 spiro atoms. The van der Waals surface area contributed by atoms with Crippen LogP contribution >= 0.6 is 0 Å². The molecule has 3 atom stereocenters. The molecule has 1 aliphatic carbocycles. The van der Waals surface area contributed by atoms with E-state index in [0.29, 0.717) is 12.5 Å². The maximum absolute atomic E-state index is 12.8. The summed E-state index contributed by atoms with van der Waals surface area (Å²) >= 11 is 0. The maximum atomic E-state index is 12.8. The van der Waals surface area contributed by atoms with E-state index in [4.69, 9.17) is 4.74 Å². The summed E-state index contributed by atoms with van der Waals surface area (Å²) in [5, 5.41) is 2.92. The fourth-order valence-corrected chi connectivity index (χ4v) is 3.40. The largest absolute Gasteiger partial charge is 0.378 e. The fraction of sp³-hybridized carbons (Fsp3) is 0.857. The van der Waals surface area contributed by atoms with E-state index in [1.807, 2.05) is 13.8 Å². The van der Waals surface area contributed by atoms with Crippen LogP contribution in [0.25, 0.3) is 0 Å². The Morgan fingerprint density at radius 3 is 2.68 bits per heavy atom. The third kappa shape index (κ3) is 2.24. The van der Waals surface area contributed by atoms with Crippen LogP contribution in [0.4, 0.5) is 0 Å². The van der Waals surface area contributed by atoms with Crippen LogP contribution in [-0.2, 0) is 14.3 Å². The lowest BCUT2D eigenvalue weighted by molar-refractivity contribution is -0.155.